The Morgan fingerprint density at radius 1 is 1.38 bits per heavy atom. The smallest absolute Gasteiger partial charge is 0.326 e. The van der Waals surface area contributed by atoms with Crippen LogP contribution >= 0.6 is 15.9 Å². The van der Waals surface area contributed by atoms with E-state index < -0.39 is 10.9 Å². The molecule has 1 saturated carbocycles. The SMILES string of the molecule is CC1CCCCC1C(O)C(F)(F)Br. The summed E-state index contributed by atoms with van der Waals surface area (Å²) in [5.41, 5.74) is 0. The first-order valence-electron chi connectivity index (χ1n) is 4.67. The highest BCUT2D eigenvalue weighted by molar-refractivity contribution is 9.10. The number of hydrogen-bond acceptors (Lipinski definition) is 1. The Hall–Kier alpha value is 0.300. The van der Waals surface area contributed by atoms with Crippen molar-refractivity contribution in [2.24, 2.45) is 11.8 Å². The Morgan fingerprint density at radius 3 is 2.38 bits per heavy atom. The average molecular weight is 257 g/mol. The highest BCUT2D eigenvalue weighted by Gasteiger charge is 2.42. The zero-order valence-electron chi connectivity index (χ0n) is 7.64. The van der Waals surface area contributed by atoms with Crippen LogP contribution in [0, 0.1) is 11.8 Å². The number of rotatable bonds is 2. The fourth-order valence-electron chi connectivity index (χ4n) is 2.06. The highest BCUT2D eigenvalue weighted by Crippen LogP contribution is 2.39. The van der Waals surface area contributed by atoms with Gasteiger partial charge in [-0.1, -0.05) is 26.2 Å². The molecule has 1 aliphatic carbocycles. The average Bonchev–Trinajstić information content (AvgIpc) is 2.02. The summed E-state index contributed by atoms with van der Waals surface area (Å²) in [6.45, 7) is 1.94. The van der Waals surface area contributed by atoms with Gasteiger partial charge in [0.25, 0.3) is 0 Å². The van der Waals surface area contributed by atoms with Gasteiger partial charge in [0.1, 0.15) is 6.10 Å². The summed E-state index contributed by atoms with van der Waals surface area (Å²) in [5, 5.41) is 9.38. The van der Waals surface area contributed by atoms with Gasteiger partial charge in [-0.2, -0.15) is 8.78 Å². The predicted octanol–water partition coefficient (Wildman–Crippen LogP) is 3.16. The van der Waals surface area contributed by atoms with E-state index in [1.54, 1.807) is 0 Å². The van der Waals surface area contributed by atoms with Gasteiger partial charge >= 0.3 is 4.83 Å². The molecule has 0 aliphatic heterocycles. The van der Waals surface area contributed by atoms with E-state index in [2.05, 4.69) is 15.9 Å². The van der Waals surface area contributed by atoms with E-state index in [1.807, 2.05) is 6.92 Å². The Kier molecular flexibility index (Phi) is 3.69. The topological polar surface area (TPSA) is 20.2 Å². The Bertz CT molecular complexity index is 169. The van der Waals surface area contributed by atoms with Crippen LogP contribution in [0.5, 0.6) is 0 Å². The van der Waals surface area contributed by atoms with E-state index in [4.69, 9.17) is 0 Å². The molecule has 0 radical (unpaired) electrons. The first-order valence-corrected chi connectivity index (χ1v) is 5.47. The molecule has 0 aromatic rings. The lowest BCUT2D eigenvalue weighted by Crippen LogP contribution is -2.39. The third-order valence-electron chi connectivity index (χ3n) is 2.92. The Balaban J connectivity index is 2.58. The molecule has 13 heavy (non-hydrogen) atoms. The summed E-state index contributed by atoms with van der Waals surface area (Å²) in [6.07, 6.45) is 2.17. The molecule has 78 valence electrons. The van der Waals surface area contributed by atoms with Crippen molar-refractivity contribution < 1.29 is 13.9 Å². The van der Waals surface area contributed by atoms with E-state index in [0.717, 1.165) is 19.3 Å². The van der Waals surface area contributed by atoms with Crippen LogP contribution in [0.1, 0.15) is 32.6 Å². The number of alkyl halides is 3. The normalized spacial score (nSPS) is 33.0. The van der Waals surface area contributed by atoms with Crippen LogP contribution < -0.4 is 0 Å². The maximum Gasteiger partial charge on any atom is 0.326 e. The second-order valence-corrected chi connectivity index (χ2v) is 4.97. The maximum absolute atomic E-state index is 12.7. The molecular weight excluding hydrogens is 242 g/mol. The van der Waals surface area contributed by atoms with E-state index in [9.17, 15) is 13.9 Å². The number of aliphatic hydroxyl groups is 1. The van der Waals surface area contributed by atoms with Gasteiger partial charge in [0, 0.05) is 0 Å². The zero-order chi connectivity index (χ0) is 10.1. The zero-order valence-corrected chi connectivity index (χ0v) is 9.23. The first-order chi connectivity index (χ1) is 5.93. The van der Waals surface area contributed by atoms with Crippen molar-refractivity contribution in [1.29, 1.82) is 0 Å². The standard InChI is InChI=1S/C9H15BrF2O/c1-6-4-2-3-5-7(6)8(13)9(10,11)12/h6-8,13H,2-5H2,1H3. The van der Waals surface area contributed by atoms with Crippen molar-refractivity contribution in [2.45, 2.75) is 43.5 Å². The lowest BCUT2D eigenvalue weighted by atomic mass is 9.77. The second-order valence-electron chi connectivity index (χ2n) is 3.91. The van der Waals surface area contributed by atoms with E-state index in [-0.39, 0.29) is 11.8 Å². The van der Waals surface area contributed by atoms with Gasteiger partial charge in [0.2, 0.25) is 0 Å². The molecule has 1 nitrogen and oxygen atoms in total. The molecule has 0 spiro atoms. The number of aliphatic hydroxyl groups excluding tert-OH is 1. The molecule has 1 rings (SSSR count). The Labute approximate surface area is 85.6 Å². The summed E-state index contributed by atoms with van der Waals surface area (Å²) in [6, 6.07) is 0. The van der Waals surface area contributed by atoms with E-state index in [0.29, 0.717) is 6.42 Å². The van der Waals surface area contributed by atoms with Crippen molar-refractivity contribution in [3.05, 3.63) is 0 Å². The monoisotopic (exact) mass is 256 g/mol. The fraction of sp³-hybridized carbons (Fsp3) is 1.00. The van der Waals surface area contributed by atoms with Crippen molar-refractivity contribution >= 4 is 15.9 Å². The van der Waals surface area contributed by atoms with Crippen LogP contribution in [-0.2, 0) is 0 Å². The molecule has 0 heterocycles. The van der Waals surface area contributed by atoms with Crippen LogP contribution in [0.2, 0.25) is 0 Å². The molecular formula is C9H15BrF2O. The number of hydrogen-bond donors (Lipinski definition) is 1. The van der Waals surface area contributed by atoms with Crippen molar-refractivity contribution in [1.82, 2.24) is 0 Å². The van der Waals surface area contributed by atoms with Gasteiger partial charge in [-0.15, -0.1) is 0 Å². The minimum Gasteiger partial charge on any atom is -0.386 e. The van der Waals surface area contributed by atoms with Crippen LogP contribution in [0.15, 0.2) is 0 Å². The Morgan fingerprint density at radius 2 is 1.92 bits per heavy atom. The van der Waals surface area contributed by atoms with Gasteiger partial charge in [-0.3, -0.25) is 0 Å². The first kappa shape index (κ1) is 11.4. The molecule has 0 amide bonds. The van der Waals surface area contributed by atoms with Gasteiger partial charge in [-0.25, -0.2) is 0 Å². The summed E-state index contributed by atoms with van der Waals surface area (Å²) in [7, 11) is 0. The maximum atomic E-state index is 12.7. The van der Waals surface area contributed by atoms with Gasteiger partial charge < -0.3 is 5.11 Å². The molecule has 1 N–H and O–H groups in total. The summed E-state index contributed by atoms with van der Waals surface area (Å²) in [5.74, 6) is -0.0599. The molecule has 4 heteroatoms. The van der Waals surface area contributed by atoms with Crippen LogP contribution in [0.25, 0.3) is 0 Å². The van der Waals surface area contributed by atoms with Gasteiger partial charge in [-0.05, 0) is 34.2 Å². The second kappa shape index (κ2) is 4.22. The molecule has 1 aliphatic rings. The minimum atomic E-state index is -3.14. The van der Waals surface area contributed by atoms with E-state index >= 15 is 0 Å². The fourth-order valence-corrected chi connectivity index (χ4v) is 2.40. The molecule has 3 unspecified atom stereocenters. The van der Waals surface area contributed by atoms with Crippen LogP contribution in [0.3, 0.4) is 0 Å². The molecule has 0 aromatic heterocycles. The lowest BCUT2D eigenvalue weighted by Gasteiger charge is -2.34. The largest absolute Gasteiger partial charge is 0.386 e. The van der Waals surface area contributed by atoms with Gasteiger partial charge in [0.05, 0.1) is 0 Å². The molecule has 0 saturated heterocycles. The van der Waals surface area contributed by atoms with Gasteiger partial charge in [0.15, 0.2) is 0 Å². The molecule has 3 atom stereocenters. The summed E-state index contributed by atoms with van der Waals surface area (Å²) < 4.78 is 25.5. The van der Waals surface area contributed by atoms with Crippen molar-refractivity contribution in [3.8, 4) is 0 Å². The summed E-state index contributed by atoms with van der Waals surface area (Å²) >= 11 is 2.22. The molecule has 0 bridgehead atoms. The van der Waals surface area contributed by atoms with E-state index in [1.165, 1.54) is 0 Å². The van der Waals surface area contributed by atoms with Crippen LogP contribution in [-0.4, -0.2) is 16.0 Å². The molecule has 1 fully saturated rings. The highest BCUT2D eigenvalue weighted by atomic mass is 79.9. The minimum absolute atomic E-state index is 0.201. The number of halogens is 3. The molecule has 0 aromatic carbocycles. The van der Waals surface area contributed by atoms with Crippen molar-refractivity contribution in [2.75, 3.05) is 0 Å². The third kappa shape index (κ3) is 2.88. The lowest BCUT2D eigenvalue weighted by molar-refractivity contribution is -0.0791. The van der Waals surface area contributed by atoms with Crippen molar-refractivity contribution in [3.63, 3.8) is 0 Å². The summed E-state index contributed by atoms with van der Waals surface area (Å²) in [4.78, 5) is -3.14. The van der Waals surface area contributed by atoms with Crippen LogP contribution in [0.4, 0.5) is 8.78 Å². The third-order valence-corrected chi connectivity index (χ3v) is 3.39. The predicted molar refractivity (Wildman–Crippen MR) is 51.0 cm³/mol. The quantitative estimate of drug-likeness (QED) is 0.753.